The second-order valence-electron chi connectivity index (χ2n) is 19.1. The molecule has 1 aliphatic heterocycles. The Morgan fingerprint density at radius 3 is 1.39 bits per heavy atom. The molecule has 0 radical (unpaired) electrons. The molecule has 1 aliphatic rings. The van der Waals surface area contributed by atoms with Gasteiger partial charge >= 0.3 is 5.97 Å². The van der Waals surface area contributed by atoms with Crippen molar-refractivity contribution in [3.05, 3.63) is 0 Å². The average molecular weight is 1050 g/mol. The highest BCUT2D eigenvalue weighted by atomic mass is 16.4. The van der Waals surface area contributed by atoms with Gasteiger partial charge in [-0.25, -0.2) is 0 Å². The van der Waals surface area contributed by atoms with Crippen molar-refractivity contribution >= 4 is 82.8 Å². The SMILES string of the molecule is CC(C)NC(=O)CNC(=O)[C@H](C)NC(=O)[C@H](C)NC(=O)[C@H](C)NC(=O)[C@@H]1CCCN1C(=O)[C@H](CC(N)=O)NC(=O)[C@H](C)NC(=O)[C@H](C)NC(=O)C(NC(=O)[C@H](CCC(=O)O)NC(=O)[C@H](C)NC(=O)C(C)C)C(C)C. The van der Waals surface area contributed by atoms with Gasteiger partial charge in [0, 0.05) is 24.9 Å². The highest BCUT2D eigenvalue weighted by molar-refractivity contribution is 6.00. The molecule has 0 aromatic heterocycles. The van der Waals surface area contributed by atoms with Gasteiger partial charge in [0.1, 0.15) is 60.4 Å². The lowest BCUT2D eigenvalue weighted by Crippen LogP contribution is -2.60. The number of nitrogens with one attached hydrogen (secondary N) is 11. The molecule has 14 N–H and O–H groups in total. The molecular formula is C46H77N13O15. The highest BCUT2D eigenvalue weighted by Gasteiger charge is 2.40. The summed E-state index contributed by atoms with van der Waals surface area (Å²) < 4.78 is 0. The number of rotatable bonds is 29. The number of carboxylic acid groups (broad SMARTS) is 1. The van der Waals surface area contributed by atoms with Gasteiger partial charge in [0.05, 0.1) is 13.0 Å². The number of amides is 13. The summed E-state index contributed by atoms with van der Waals surface area (Å²) in [6, 6.07) is -13.1. The van der Waals surface area contributed by atoms with Crippen molar-refractivity contribution in [3.63, 3.8) is 0 Å². The van der Waals surface area contributed by atoms with Crippen LogP contribution in [0.5, 0.6) is 0 Å². The summed E-state index contributed by atoms with van der Waals surface area (Å²) in [7, 11) is 0. The standard InChI is InChI=1S/C46H77N13O15/c1-20(2)35(58-43(71)29(15-16-34(62)63)56-41(69)27(11)50-36(64)21(3)4)45(73)55-26(10)40(68)53-28(12)42(70)57-30(18-32(47)60)46(74)59-17-13-14-31(59)44(72)54-25(9)39(67)52-24(8)38(66)51-23(7)37(65)48-19-33(61)49-22(5)6/h20-31,35H,13-19H2,1-12H3,(H2,47,60)(H,48,65)(H,49,61)(H,50,64)(H,51,66)(H,52,67)(H,53,68)(H,54,72)(H,55,73)(H,56,69)(H,57,70)(H,58,71)(H,62,63)/t23-,24-,25-,26-,27-,28-,29-,30-,31-,35?/m0/s1. The number of hydrogen-bond donors (Lipinski definition) is 13. The fourth-order valence-electron chi connectivity index (χ4n) is 6.92. The minimum absolute atomic E-state index is 0.00421. The fourth-order valence-corrected chi connectivity index (χ4v) is 6.92. The maximum absolute atomic E-state index is 13.9. The van der Waals surface area contributed by atoms with Gasteiger partial charge in [-0.1, -0.05) is 27.7 Å². The Labute approximate surface area is 429 Å². The van der Waals surface area contributed by atoms with Crippen molar-refractivity contribution in [1.82, 2.24) is 63.4 Å². The first-order chi connectivity index (χ1) is 34.3. The van der Waals surface area contributed by atoms with Crippen LogP contribution in [0, 0.1) is 11.8 Å². The maximum atomic E-state index is 13.9. The van der Waals surface area contributed by atoms with Crippen LogP contribution >= 0.6 is 0 Å². The summed E-state index contributed by atoms with van der Waals surface area (Å²) in [4.78, 5) is 180. The molecule has 1 rings (SSSR count). The molecule has 1 fully saturated rings. The molecule has 0 aromatic carbocycles. The van der Waals surface area contributed by atoms with Gasteiger partial charge in [-0.15, -0.1) is 0 Å². The number of nitrogens with zero attached hydrogens (tertiary/aromatic N) is 1. The van der Waals surface area contributed by atoms with E-state index < -0.39 is 168 Å². The van der Waals surface area contributed by atoms with Crippen molar-refractivity contribution in [2.75, 3.05) is 13.1 Å². The lowest BCUT2D eigenvalue weighted by molar-refractivity contribution is -0.143. The van der Waals surface area contributed by atoms with Crippen LogP contribution in [-0.4, -0.2) is 172 Å². The zero-order chi connectivity index (χ0) is 56.9. The quantitative estimate of drug-likeness (QED) is 0.0334. The molecule has 1 saturated heterocycles. The molecule has 0 aromatic rings. The van der Waals surface area contributed by atoms with Gasteiger partial charge in [-0.05, 0) is 80.6 Å². The van der Waals surface area contributed by atoms with E-state index >= 15 is 0 Å². The van der Waals surface area contributed by atoms with Crippen LogP contribution < -0.4 is 64.2 Å². The molecule has 10 atom stereocenters. The van der Waals surface area contributed by atoms with Crippen molar-refractivity contribution < 1.29 is 72.2 Å². The number of carboxylic acids is 1. The number of likely N-dealkylation sites (tertiary alicyclic amines) is 1. The van der Waals surface area contributed by atoms with Gasteiger partial charge in [0.25, 0.3) is 0 Å². The molecule has 416 valence electrons. The third-order valence-electron chi connectivity index (χ3n) is 11.3. The first kappa shape index (κ1) is 64.6. The average Bonchev–Trinajstić information content (AvgIpc) is 3.80. The van der Waals surface area contributed by atoms with E-state index in [1.54, 1.807) is 41.5 Å². The number of hydrogen-bond acceptors (Lipinski definition) is 14. The Morgan fingerprint density at radius 2 is 0.946 bits per heavy atom. The Bertz CT molecular complexity index is 2100. The van der Waals surface area contributed by atoms with Crippen LogP contribution in [0.2, 0.25) is 0 Å². The predicted molar refractivity (Wildman–Crippen MR) is 263 cm³/mol. The molecule has 28 nitrogen and oxygen atoms in total. The van der Waals surface area contributed by atoms with E-state index in [2.05, 4.69) is 58.5 Å². The van der Waals surface area contributed by atoms with Gasteiger partial charge in [0.15, 0.2) is 0 Å². The molecular weight excluding hydrogens is 975 g/mol. The summed E-state index contributed by atoms with van der Waals surface area (Å²) in [5.41, 5.74) is 5.42. The van der Waals surface area contributed by atoms with Crippen LogP contribution in [0.3, 0.4) is 0 Å². The van der Waals surface area contributed by atoms with E-state index in [1.807, 2.05) is 0 Å². The van der Waals surface area contributed by atoms with Crippen LogP contribution in [0.15, 0.2) is 0 Å². The lowest BCUT2D eigenvalue weighted by Gasteiger charge is -2.30. The number of carbonyl (C=O) groups excluding carboxylic acids is 13. The Balaban J connectivity index is 2.96. The van der Waals surface area contributed by atoms with Crippen LogP contribution in [0.4, 0.5) is 0 Å². The summed E-state index contributed by atoms with van der Waals surface area (Å²) in [5.74, 6) is -12.5. The van der Waals surface area contributed by atoms with Gasteiger partial charge in [-0.3, -0.25) is 67.1 Å². The van der Waals surface area contributed by atoms with Crippen molar-refractivity contribution in [2.45, 2.75) is 182 Å². The Hall–Kier alpha value is -7.42. The van der Waals surface area contributed by atoms with Crippen molar-refractivity contribution in [1.29, 1.82) is 0 Å². The smallest absolute Gasteiger partial charge is 0.303 e. The first-order valence-electron chi connectivity index (χ1n) is 24.4. The lowest BCUT2D eigenvalue weighted by atomic mass is 10.0. The molecule has 0 aliphatic carbocycles. The molecule has 74 heavy (non-hydrogen) atoms. The third kappa shape index (κ3) is 22.1. The summed E-state index contributed by atoms with van der Waals surface area (Å²) in [5, 5.41) is 36.1. The van der Waals surface area contributed by atoms with E-state index in [0.717, 1.165) is 4.90 Å². The second kappa shape index (κ2) is 30.6. The van der Waals surface area contributed by atoms with E-state index in [1.165, 1.54) is 41.5 Å². The van der Waals surface area contributed by atoms with Crippen LogP contribution in [-0.2, 0) is 67.1 Å². The highest BCUT2D eigenvalue weighted by Crippen LogP contribution is 2.20. The number of aliphatic carboxylic acids is 1. The molecule has 0 spiro atoms. The normalized spacial score (nSPS) is 16.7. The fraction of sp³-hybridized carbons (Fsp3) is 0.696. The molecule has 0 saturated carbocycles. The van der Waals surface area contributed by atoms with Gasteiger partial charge in [-0.2, -0.15) is 0 Å². The number of carbonyl (C=O) groups is 14. The monoisotopic (exact) mass is 1050 g/mol. The number of primary amides is 1. The summed E-state index contributed by atoms with van der Waals surface area (Å²) in [6.45, 7) is 17.4. The van der Waals surface area contributed by atoms with Crippen LogP contribution in [0.25, 0.3) is 0 Å². The maximum Gasteiger partial charge on any atom is 0.303 e. The summed E-state index contributed by atoms with van der Waals surface area (Å²) >= 11 is 0. The van der Waals surface area contributed by atoms with Crippen molar-refractivity contribution in [3.8, 4) is 0 Å². The zero-order valence-electron chi connectivity index (χ0n) is 44.1. The first-order valence-corrected chi connectivity index (χ1v) is 24.4. The largest absolute Gasteiger partial charge is 0.481 e. The van der Waals surface area contributed by atoms with Crippen molar-refractivity contribution in [2.24, 2.45) is 17.6 Å². The molecule has 0 bridgehead atoms. The Morgan fingerprint density at radius 1 is 0.514 bits per heavy atom. The minimum Gasteiger partial charge on any atom is -0.481 e. The topological polar surface area (TPSA) is 421 Å². The molecule has 28 heteroatoms. The van der Waals surface area contributed by atoms with E-state index in [-0.39, 0.29) is 32.0 Å². The zero-order valence-corrected chi connectivity index (χ0v) is 44.1. The summed E-state index contributed by atoms with van der Waals surface area (Å²) in [6.07, 6.45) is -1.19. The van der Waals surface area contributed by atoms with Gasteiger partial charge in [0.2, 0.25) is 76.8 Å². The van der Waals surface area contributed by atoms with E-state index in [0.29, 0.717) is 6.42 Å². The third-order valence-corrected chi connectivity index (χ3v) is 11.3. The molecule has 13 amide bonds. The Kier molecular flexibility index (Phi) is 26.7. The van der Waals surface area contributed by atoms with Crippen LogP contribution in [0.1, 0.15) is 115 Å². The predicted octanol–water partition coefficient (Wildman–Crippen LogP) is -4.85. The van der Waals surface area contributed by atoms with E-state index in [9.17, 15) is 72.2 Å². The molecule has 1 heterocycles. The second-order valence-corrected chi connectivity index (χ2v) is 19.1. The van der Waals surface area contributed by atoms with E-state index in [4.69, 9.17) is 5.73 Å². The van der Waals surface area contributed by atoms with Gasteiger partial charge < -0.3 is 74.2 Å². The minimum atomic E-state index is -1.62. The molecule has 1 unspecified atom stereocenters. The number of nitrogens with two attached hydrogens (primary N) is 1.